The summed E-state index contributed by atoms with van der Waals surface area (Å²) in [7, 11) is 0. The third-order valence-corrected chi connectivity index (χ3v) is 4.39. The van der Waals surface area contributed by atoms with Crippen LogP contribution in [-0.2, 0) is 9.59 Å². The van der Waals surface area contributed by atoms with Gasteiger partial charge in [0.1, 0.15) is 0 Å². The van der Waals surface area contributed by atoms with Gasteiger partial charge in [0.15, 0.2) is 0 Å². The lowest BCUT2D eigenvalue weighted by molar-refractivity contribution is -0.131. The van der Waals surface area contributed by atoms with Gasteiger partial charge < -0.3 is 10.0 Å². The molecule has 0 saturated heterocycles. The standard InChI is InChI=1S/C17H19NO3/c19-16(20)10-14-13-8-4-5-9-15(13)18(17(14)21)11-12-6-2-1-3-7-12/h4-5,8-10,12H,1-3,6-7,11H2,(H,19,20). The fraction of sp³-hybridized carbons (Fsp3) is 0.412. The first-order chi connectivity index (χ1) is 10.2. The summed E-state index contributed by atoms with van der Waals surface area (Å²) in [5.74, 6) is -0.725. The number of aliphatic carboxylic acids is 1. The molecular weight excluding hydrogens is 266 g/mol. The van der Waals surface area contributed by atoms with E-state index in [0.29, 0.717) is 18.0 Å². The van der Waals surface area contributed by atoms with Crippen LogP contribution in [0.4, 0.5) is 5.69 Å². The number of amides is 1. The minimum atomic E-state index is -1.08. The van der Waals surface area contributed by atoms with Crippen LogP contribution in [0.15, 0.2) is 30.3 Å². The van der Waals surface area contributed by atoms with E-state index in [2.05, 4.69) is 0 Å². The first-order valence-corrected chi connectivity index (χ1v) is 7.52. The van der Waals surface area contributed by atoms with Crippen molar-refractivity contribution in [2.24, 2.45) is 5.92 Å². The average molecular weight is 285 g/mol. The Bertz CT molecular complexity index is 600. The smallest absolute Gasteiger partial charge is 0.329 e. The van der Waals surface area contributed by atoms with Crippen LogP contribution >= 0.6 is 0 Å². The molecule has 21 heavy (non-hydrogen) atoms. The number of benzene rings is 1. The van der Waals surface area contributed by atoms with Crippen molar-refractivity contribution in [3.05, 3.63) is 35.9 Å². The van der Waals surface area contributed by atoms with Gasteiger partial charge in [-0.25, -0.2) is 4.79 Å². The van der Waals surface area contributed by atoms with E-state index in [0.717, 1.165) is 30.2 Å². The van der Waals surface area contributed by atoms with Crippen LogP contribution in [0.1, 0.15) is 37.7 Å². The second-order valence-corrected chi connectivity index (χ2v) is 5.83. The summed E-state index contributed by atoms with van der Waals surface area (Å²) in [5, 5.41) is 8.98. The lowest BCUT2D eigenvalue weighted by Crippen LogP contribution is -2.32. The molecule has 1 N–H and O–H groups in total. The zero-order valence-corrected chi connectivity index (χ0v) is 11.9. The van der Waals surface area contributed by atoms with Gasteiger partial charge in [-0.05, 0) is 24.8 Å². The number of fused-ring (bicyclic) bond motifs is 1. The van der Waals surface area contributed by atoms with Crippen molar-refractivity contribution < 1.29 is 14.7 Å². The molecule has 1 aromatic carbocycles. The molecule has 1 aliphatic carbocycles. The van der Waals surface area contributed by atoms with Gasteiger partial charge in [-0.15, -0.1) is 0 Å². The van der Waals surface area contributed by atoms with Crippen molar-refractivity contribution in [2.75, 3.05) is 11.4 Å². The Balaban J connectivity index is 1.91. The summed E-state index contributed by atoms with van der Waals surface area (Å²) in [5.41, 5.74) is 1.88. The molecule has 110 valence electrons. The van der Waals surface area contributed by atoms with E-state index in [1.807, 2.05) is 24.3 Å². The van der Waals surface area contributed by atoms with Crippen LogP contribution in [0, 0.1) is 5.92 Å². The van der Waals surface area contributed by atoms with E-state index in [1.165, 1.54) is 19.3 Å². The minimum absolute atomic E-state index is 0.177. The number of nitrogens with zero attached hydrogens (tertiary/aromatic N) is 1. The van der Waals surface area contributed by atoms with Crippen LogP contribution in [0.3, 0.4) is 0 Å². The van der Waals surface area contributed by atoms with E-state index in [-0.39, 0.29) is 5.91 Å². The number of carboxylic acid groups (broad SMARTS) is 1. The van der Waals surface area contributed by atoms with E-state index in [4.69, 9.17) is 5.11 Å². The van der Waals surface area contributed by atoms with E-state index >= 15 is 0 Å². The molecule has 1 heterocycles. The molecule has 1 aliphatic heterocycles. The normalized spacial score (nSPS) is 20.9. The van der Waals surface area contributed by atoms with Crippen LogP contribution < -0.4 is 4.90 Å². The molecular formula is C17H19NO3. The van der Waals surface area contributed by atoms with Crippen molar-refractivity contribution in [3.8, 4) is 0 Å². The quantitative estimate of drug-likeness (QED) is 0.868. The maximum absolute atomic E-state index is 12.6. The molecule has 1 amide bonds. The van der Waals surface area contributed by atoms with Crippen LogP contribution in [0.5, 0.6) is 0 Å². The van der Waals surface area contributed by atoms with Crippen molar-refractivity contribution in [1.29, 1.82) is 0 Å². The monoisotopic (exact) mass is 285 g/mol. The Kier molecular flexibility index (Phi) is 3.78. The number of anilines is 1. The molecule has 0 radical (unpaired) electrons. The Labute approximate surface area is 124 Å². The Morgan fingerprint density at radius 3 is 2.67 bits per heavy atom. The average Bonchev–Trinajstić information content (AvgIpc) is 2.74. The highest BCUT2D eigenvalue weighted by Crippen LogP contribution is 2.38. The van der Waals surface area contributed by atoms with Crippen molar-refractivity contribution in [1.82, 2.24) is 0 Å². The van der Waals surface area contributed by atoms with Crippen LogP contribution in [0.2, 0.25) is 0 Å². The summed E-state index contributed by atoms with van der Waals surface area (Å²) < 4.78 is 0. The second-order valence-electron chi connectivity index (χ2n) is 5.83. The van der Waals surface area contributed by atoms with Gasteiger partial charge in [0.25, 0.3) is 5.91 Å². The van der Waals surface area contributed by atoms with E-state index < -0.39 is 5.97 Å². The largest absolute Gasteiger partial charge is 0.478 e. The first-order valence-electron chi connectivity index (χ1n) is 7.52. The Morgan fingerprint density at radius 1 is 1.24 bits per heavy atom. The first kappa shape index (κ1) is 13.9. The van der Waals surface area contributed by atoms with E-state index in [9.17, 15) is 9.59 Å². The molecule has 0 spiro atoms. The SMILES string of the molecule is O=C(O)C=C1C(=O)N(CC2CCCCC2)c2ccccc21. The lowest BCUT2D eigenvalue weighted by Gasteiger charge is -2.27. The minimum Gasteiger partial charge on any atom is -0.478 e. The molecule has 0 bridgehead atoms. The molecule has 1 saturated carbocycles. The number of carbonyl (C=O) groups is 2. The highest BCUT2D eigenvalue weighted by atomic mass is 16.4. The fourth-order valence-corrected chi connectivity index (χ4v) is 3.38. The van der Waals surface area contributed by atoms with Gasteiger partial charge in [0.2, 0.25) is 0 Å². The zero-order chi connectivity index (χ0) is 14.8. The Hall–Kier alpha value is -2.10. The maximum atomic E-state index is 12.6. The fourth-order valence-electron chi connectivity index (χ4n) is 3.38. The molecule has 4 nitrogen and oxygen atoms in total. The highest BCUT2D eigenvalue weighted by Gasteiger charge is 2.34. The summed E-state index contributed by atoms with van der Waals surface area (Å²) >= 11 is 0. The van der Waals surface area contributed by atoms with Crippen molar-refractivity contribution >= 4 is 23.1 Å². The third-order valence-electron chi connectivity index (χ3n) is 4.39. The zero-order valence-electron chi connectivity index (χ0n) is 11.9. The molecule has 0 atom stereocenters. The number of hydrogen-bond acceptors (Lipinski definition) is 2. The number of para-hydroxylation sites is 1. The Morgan fingerprint density at radius 2 is 1.95 bits per heavy atom. The van der Waals surface area contributed by atoms with Crippen LogP contribution in [-0.4, -0.2) is 23.5 Å². The van der Waals surface area contributed by atoms with Crippen molar-refractivity contribution in [3.63, 3.8) is 0 Å². The summed E-state index contributed by atoms with van der Waals surface area (Å²) in [6.45, 7) is 0.701. The van der Waals surface area contributed by atoms with Gasteiger partial charge >= 0.3 is 5.97 Å². The molecule has 0 unspecified atom stereocenters. The topological polar surface area (TPSA) is 57.6 Å². The van der Waals surface area contributed by atoms with Gasteiger partial charge in [0.05, 0.1) is 11.3 Å². The number of rotatable bonds is 3. The van der Waals surface area contributed by atoms with Crippen molar-refractivity contribution in [2.45, 2.75) is 32.1 Å². The molecule has 4 heteroatoms. The second kappa shape index (κ2) is 5.72. The predicted octanol–water partition coefficient (Wildman–Crippen LogP) is 3.08. The van der Waals surface area contributed by atoms with Gasteiger partial charge in [-0.2, -0.15) is 0 Å². The third kappa shape index (κ3) is 2.71. The highest BCUT2D eigenvalue weighted by molar-refractivity contribution is 6.34. The van der Waals surface area contributed by atoms with E-state index in [1.54, 1.807) is 4.90 Å². The van der Waals surface area contributed by atoms with Gasteiger partial charge in [0, 0.05) is 18.2 Å². The summed E-state index contributed by atoms with van der Waals surface area (Å²) in [6.07, 6.45) is 7.08. The van der Waals surface area contributed by atoms with Gasteiger partial charge in [-0.3, -0.25) is 4.79 Å². The predicted molar refractivity (Wildman–Crippen MR) is 81.0 cm³/mol. The number of hydrogen-bond donors (Lipinski definition) is 1. The molecule has 3 rings (SSSR count). The number of carbonyl (C=O) groups excluding carboxylic acids is 1. The molecule has 0 aromatic heterocycles. The summed E-state index contributed by atoms with van der Waals surface area (Å²) in [6, 6.07) is 7.46. The van der Waals surface area contributed by atoms with Gasteiger partial charge in [-0.1, -0.05) is 37.5 Å². The number of carboxylic acids is 1. The molecule has 2 aliphatic rings. The molecule has 1 aromatic rings. The maximum Gasteiger partial charge on any atom is 0.329 e. The lowest BCUT2D eigenvalue weighted by atomic mass is 9.89. The molecule has 1 fully saturated rings. The summed E-state index contributed by atoms with van der Waals surface area (Å²) in [4.78, 5) is 25.3. The van der Waals surface area contributed by atoms with Crippen LogP contribution in [0.25, 0.3) is 5.57 Å².